The molecular formula is C19H18N2O3S2. The number of benzene rings is 2. The topological polar surface area (TPSA) is 70.5 Å². The Balaban J connectivity index is 1.69. The lowest BCUT2D eigenvalue weighted by atomic mass is 10.1. The first-order valence-electron chi connectivity index (χ1n) is 8.20. The van der Waals surface area contributed by atoms with Gasteiger partial charge in [-0.25, -0.2) is 13.4 Å². The molecule has 4 rings (SSSR count). The molecule has 1 aliphatic rings. The van der Waals surface area contributed by atoms with E-state index in [0.29, 0.717) is 6.42 Å². The molecule has 0 fully saturated rings. The van der Waals surface area contributed by atoms with Crippen molar-refractivity contribution in [3.05, 3.63) is 53.4 Å². The number of thiazole rings is 1. The van der Waals surface area contributed by atoms with Crippen molar-refractivity contribution >= 4 is 27.0 Å². The van der Waals surface area contributed by atoms with Gasteiger partial charge in [-0.3, -0.25) is 4.31 Å². The van der Waals surface area contributed by atoms with Crippen molar-refractivity contribution in [2.24, 2.45) is 0 Å². The van der Waals surface area contributed by atoms with Crippen LogP contribution in [0.15, 0.2) is 47.8 Å². The lowest BCUT2D eigenvalue weighted by Gasteiger charge is -2.21. The molecule has 1 aliphatic heterocycles. The monoisotopic (exact) mass is 386 g/mol. The zero-order valence-electron chi connectivity index (χ0n) is 14.4. The summed E-state index contributed by atoms with van der Waals surface area (Å²) in [4.78, 5) is 4.70. The molecule has 134 valence electrons. The van der Waals surface area contributed by atoms with Gasteiger partial charge in [0.1, 0.15) is 10.8 Å². The molecule has 0 aliphatic carbocycles. The maximum atomic E-state index is 12.0. The number of aromatic nitrogens is 1. The highest BCUT2D eigenvalue weighted by Crippen LogP contribution is 2.37. The molecule has 2 aromatic carbocycles. The Labute approximate surface area is 156 Å². The van der Waals surface area contributed by atoms with Crippen LogP contribution in [0.3, 0.4) is 0 Å². The van der Waals surface area contributed by atoms with E-state index >= 15 is 0 Å². The number of hydrogen-bond donors (Lipinski definition) is 1. The largest absolute Gasteiger partial charge is 0.508 e. The predicted molar refractivity (Wildman–Crippen MR) is 105 cm³/mol. The van der Waals surface area contributed by atoms with Crippen molar-refractivity contribution in [1.82, 2.24) is 4.98 Å². The van der Waals surface area contributed by atoms with E-state index in [-0.39, 0.29) is 11.8 Å². The lowest BCUT2D eigenvalue weighted by Crippen LogP contribution is -2.34. The van der Waals surface area contributed by atoms with Gasteiger partial charge >= 0.3 is 0 Å². The number of phenolic OH excluding ortho intramolecular Hbond substituents is 1. The molecule has 7 heteroatoms. The summed E-state index contributed by atoms with van der Waals surface area (Å²) in [6.45, 7) is 1.92. The standard InChI is InChI=1S/C19H18N2O3S2/c1-12-9-15-10-14(5-8-18(15)21(12)26(2,23)24)17-11-25-19(20-17)13-3-6-16(22)7-4-13/h3-8,10-12,22H,9H2,1-2H3. The molecule has 1 aromatic heterocycles. The maximum Gasteiger partial charge on any atom is 0.232 e. The molecule has 0 saturated carbocycles. The molecule has 5 nitrogen and oxygen atoms in total. The van der Waals surface area contributed by atoms with E-state index in [1.54, 1.807) is 23.5 Å². The second kappa shape index (κ2) is 6.10. The van der Waals surface area contributed by atoms with Gasteiger partial charge in [-0.05, 0) is 55.3 Å². The van der Waals surface area contributed by atoms with E-state index in [4.69, 9.17) is 4.98 Å². The van der Waals surface area contributed by atoms with E-state index in [2.05, 4.69) is 0 Å². The van der Waals surface area contributed by atoms with Crippen molar-refractivity contribution < 1.29 is 13.5 Å². The minimum Gasteiger partial charge on any atom is -0.508 e. The van der Waals surface area contributed by atoms with Crippen LogP contribution in [-0.4, -0.2) is 30.8 Å². The highest BCUT2D eigenvalue weighted by atomic mass is 32.2. The fourth-order valence-electron chi connectivity index (χ4n) is 3.41. The third-order valence-electron chi connectivity index (χ3n) is 4.50. The number of anilines is 1. The Morgan fingerprint density at radius 3 is 2.54 bits per heavy atom. The molecule has 3 aromatic rings. The van der Waals surface area contributed by atoms with Gasteiger partial charge in [0.05, 0.1) is 17.6 Å². The van der Waals surface area contributed by atoms with Gasteiger partial charge in [0.25, 0.3) is 0 Å². The fourth-order valence-corrected chi connectivity index (χ4v) is 5.51. The van der Waals surface area contributed by atoms with Gasteiger partial charge < -0.3 is 5.11 Å². The predicted octanol–water partition coefficient (Wildman–Crippen LogP) is 3.89. The molecular weight excluding hydrogens is 368 g/mol. The molecule has 1 N–H and O–H groups in total. The minimum atomic E-state index is -3.28. The quantitative estimate of drug-likeness (QED) is 0.741. The average molecular weight is 386 g/mol. The van der Waals surface area contributed by atoms with Crippen molar-refractivity contribution in [1.29, 1.82) is 0 Å². The zero-order chi connectivity index (χ0) is 18.5. The normalized spacial score (nSPS) is 16.7. The molecule has 1 unspecified atom stereocenters. The van der Waals surface area contributed by atoms with Gasteiger partial charge in [0.2, 0.25) is 10.0 Å². The Bertz CT molecular complexity index is 1070. The van der Waals surface area contributed by atoms with E-state index in [9.17, 15) is 13.5 Å². The molecule has 0 saturated heterocycles. The lowest BCUT2D eigenvalue weighted by molar-refractivity contribution is 0.475. The third-order valence-corrected chi connectivity index (χ3v) is 6.67. The molecule has 0 radical (unpaired) electrons. The zero-order valence-corrected chi connectivity index (χ0v) is 16.0. The summed E-state index contributed by atoms with van der Waals surface area (Å²) in [5.41, 5.74) is 4.59. The highest BCUT2D eigenvalue weighted by molar-refractivity contribution is 7.92. The van der Waals surface area contributed by atoms with E-state index in [1.165, 1.54) is 10.6 Å². The molecule has 2 heterocycles. The Morgan fingerprint density at radius 1 is 1.15 bits per heavy atom. The van der Waals surface area contributed by atoms with Crippen molar-refractivity contribution in [3.63, 3.8) is 0 Å². The molecule has 1 atom stereocenters. The van der Waals surface area contributed by atoms with Crippen LogP contribution in [0.2, 0.25) is 0 Å². The first-order chi connectivity index (χ1) is 12.3. The van der Waals surface area contributed by atoms with Crippen LogP contribution in [0.25, 0.3) is 21.8 Å². The smallest absolute Gasteiger partial charge is 0.232 e. The van der Waals surface area contributed by atoms with Crippen LogP contribution in [-0.2, 0) is 16.4 Å². The number of aromatic hydroxyl groups is 1. The summed E-state index contributed by atoms with van der Waals surface area (Å²) in [7, 11) is -3.28. The summed E-state index contributed by atoms with van der Waals surface area (Å²) in [5, 5.41) is 12.3. The molecule has 0 spiro atoms. The van der Waals surface area contributed by atoms with Crippen LogP contribution < -0.4 is 4.31 Å². The second-order valence-corrected chi connectivity index (χ2v) is 9.26. The Kier molecular flexibility index (Phi) is 4.00. The number of rotatable bonds is 3. The summed E-state index contributed by atoms with van der Waals surface area (Å²) in [5.74, 6) is 0.230. The van der Waals surface area contributed by atoms with Gasteiger partial charge in [-0.15, -0.1) is 11.3 Å². The first kappa shape index (κ1) is 17.1. The Hall–Kier alpha value is -2.38. The fraction of sp³-hybridized carbons (Fsp3) is 0.211. The van der Waals surface area contributed by atoms with E-state index in [1.807, 2.05) is 42.6 Å². The van der Waals surface area contributed by atoms with Crippen molar-refractivity contribution in [3.8, 4) is 27.6 Å². The maximum absolute atomic E-state index is 12.0. The number of sulfonamides is 1. The Morgan fingerprint density at radius 2 is 1.85 bits per heavy atom. The second-order valence-electron chi connectivity index (χ2n) is 6.54. The van der Waals surface area contributed by atoms with Crippen LogP contribution >= 0.6 is 11.3 Å². The van der Waals surface area contributed by atoms with Gasteiger partial charge in [0.15, 0.2) is 0 Å². The number of fused-ring (bicyclic) bond motifs is 1. The van der Waals surface area contributed by atoms with Crippen LogP contribution in [0.5, 0.6) is 5.75 Å². The summed E-state index contributed by atoms with van der Waals surface area (Å²) >= 11 is 1.54. The van der Waals surface area contributed by atoms with Gasteiger partial charge in [-0.1, -0.05) is 6.07 Å². The molecule has 26 heavy (non-hydrogen) atoms. The third kappa shape index (κ3) is 2.97. The SMILES string of the molecule is CC1Cc2cc(-c3csc(-c4ccc(O)cc4)n3)ccc2N1S(C)(=O)=O. The van der Waals surface area contributed by atoms with Crippen LogP contribution in [0.1, 0.15) is 12.5 Å². The number of nitrogens with zero attached hydrogens (tertiary/aromatic N) is 2. The number of hydrogen-bond acceptors (Lipinski definition) is 5. The minimum absolute atomic E-state index is 0.0711. The van der Waals surface area contributed by atoms with E-state index < -0.39 is 10.0 Å². The van der Waals surface area contributed by atoms with Crippen molar-refractivity contribution in [2.75, 3.05) is 10.6 Å². The van der Waals surface area contributed by atoms with E-state index in [0.717, 1.165) is 33.1 Å². The summed E-state index contributed by atoms with van der Waals surface area (Å²) in [6, 6.07) is 12.7. The first-order valence-corrected chi connectivity index (χ1v) is 10.9. The van der Waals surface area contributed by atoms with Crippen LogP contribution in [0, 0.1) is 0 Å². The van der Waals surface area contributed by atoms with Gasteiger partial charge in [0, 0.05) is 22.5 Å². The molecule has 0 bridgehead atoms. The number of phenols is 1. The highest BCUT2D eigenvalue weighted by Gasteiger charge is 2.32. The summed E-state index contributed by atoms with van der Waals surface area (Å²) < 4.78 is 25.6. The average Bonchev–Trinajstić information content (AvgIpc) is 3.17. The van der Waals surface area contributed by atoms with Crippen molar-refractivity contribution in [2.45, 2.75) is 19.4 Å². The molecule has 0 amide bonds. The summed E-state index contributed by atoms with van der Waals surface area (Å²) in [6.07, 6.45) is 1.95. The van der Waals surface area contributed by atoms with Crippen LogP contribution in [0.4, 0.5) is 5.69 Å². The van der Waals surface area contributed by atoms with Gasteiger partial charge in [-0.2, -0.15) is 0 Å².